The van der Waals surface area contributed by atoms with Gasteiger partial charge >= 0.3 is 0 Å². The summed E-state index contributed by atoms with van der Waals surface area (Å²) >= 11 is 0. The van der Waals surface area contributed by atoms with Gasteiger partial charge in [-0.1, -0.05) is 30.3 Å². The standard InChI is InChI=1S/C17H18O3/c1-12(18)13-6-8-15(9-7-13)19-11-16-10-14-4-2-3-5-17(14)20-16/h2-9,12,16,18H,10-11H2,1H3/t12-,16?/m0/s1. The molecule has 1 heterocycles. The van der Waals surface area contributed by atoms with E-state index in [-0.39, 0.29) is 6.10 Å². The normalized spacial score (nSPS) is 18.2. The van der Waals surface area contributed by atoms with Crippen LogP contribution >= 0.6 is 0 Å². The summed E-state index contributed by atoms with van der Waals surface area (Å²) in [7, 11) is 0. The molecule has 0 saturated heterocycles. The molecule has 0 saturated carbocycles. The van der Waals surface area contributed by atoms with Gasteiger partial charge in [0.2, 0.25) is 0 Å². The highest BCUT2D eigenvalue weighted by atomic mass is 16.5. The van der Waals surface area contributed by atoms with Gasteiger partial charge < -0.3 is 14.6 Å². The van der Waals surface area contributed by atoms with Crippen LogP contribution in [0.4, 0.5) is 0 Å². The maximum atomic E-state index is 9.46. The molecule has 1 aliphatic rings. The lowest BCUT2D eigenvalue weighted by molar-refractivity contribution is 0.148. The Morgan fingerprint density at radius 1 is 1.20 bits per heavy atom. The number of hydrogen-bond donors (Lipinski definition) is 1. The summed E-state index contributed by atoms with van der Waals surface area (Å²) in [6.07, 6.45) is 0.516. The second-order valence-electron chi connectivity index (χ2n) is 5.11. The summed E-state index contributed by atoms with van der Waals surface area (Å²) in [6, 6.07) is 15.6. The first-order valence-electron chi connectivity index (χ1n) is 6.88. The van der Waals surface area contributed by atoms with Crippen LogP contribution in [-0.2, 0) is 6.42 Å². The van der Waals surface area contributed by atoms with E-state index in [2.05, 4.69) is 6.07 Å². The molecular weight excluding hydrogens is 252 g/mol. The van der Waals surface area contributed by atoms with Crippen LogP contribution in [-0.4, -0.2) is 17.8 Å². The van der Waals surface area contributed by atoms with Crippen LogP contribution in [0.25, 0.3) is 0 Å². The van der Waals surface area contributed by atoms with Gasteiger partial charge in [-0.3, -0.25) is 0 Å². The summed E-state index contributed by atoms with van der Waals surface area (Å²) in [5, 5.41) is 9.46. The predicted molar refractivity (Wildman–Crippen MR) is 77.1 cm³/mol. The summed E-state index contributed by atoms with van der Waals surface area (Å²) < 4.78 is 11.6. The molecule has 0 spiro atoms. The largest absolute Gasteiger partial charge is 0.490 e. The molecule has 0 bridgehead atoms. The zero-order chi connectivity index (χ0) is 13.9. The van der Waals surface area contributed by atoms with E-state index >= 15 is 0 Å². The van der Waals surface area contributed by atoms with Crippen molar-refractivity contribution in [3.8, 4) is 11.5 Å². The molecule has 0 fully saturated rings. The minimum absolute atomic E-state index is 0.0730. The Labute approximate surface area is 118 Å². The molecule has 104 valence electrons. The molecule has 0 aromatic heterocycles. The molecule has 1 unspecified atom stereocenters. The quantitative estimate of drug-likeness (QED) is 0.927. The molecule has 3 heteroatoms. The van der Waals surface area contributed by atoms with E-state index in [4.69, 9.17) is 9.47 Å². The summed E-state index contributed by atoms with van der Waals surface area (Å²) in [5.41, 5.74) is 2.13. The third-order valence-electron chi connectivity index (χ3n) is 3.51. The van der Waals surface area contributed by atoms with E-state index in [1.165, 1.54) is 5.56 Å². The molecule has 0 aliphatic carbocycles. The highest BCUT2D eigenvalue weighted by molar-refractivity contribution is 5.37. The van der Waals surface area contributed by atoms with Gasteiger partial charge in [-0.25, -0.2) is 0 Å². The number of ether oxygens (including phenoxy) is 2. The first kappa shape index (κ1) is 13.0. The number of aliphatic hydroxyl groups is 1. The van der Waals surface area contributed by atoms with Crippen molar-refractivity contribution >= 4 is 0 Å². The minimum atomic E-state index is -0.447. The van der Waals surface area contributed by atoms with Gasteiger partial charge in [-0.2, -0.15) is 0 Å². The molecular formula is C17H18O3. The number of hydrogen-bond acceptors (Lipinski definition) is 3. The maximum Gasteiger partial charge on any atom is 0.137 e. The Morgan fingerprint density at radius 3 is 2.65 bits per heavy atom. The molecule has 2 aromatic carbocycles. The first-order chi connectivity index (χ1) is 9.72. The molecule has 0 amide bonds. The molecule has 20 heavy (non-hydrogen) atoms. The lowest BCUT2D eigenvalue weighted by Crippen LogP contribution is -2.22. The van der Waals surface area contributed by atoms with Gasteiger partial charge in [0.1, 0.15) is 24.2 Å². The van der Waals surface area contributed by atoms with Gasteiger partial charge in [0, 0.05) is 6.42 Å². The number of fused-ring (bicyclic) bond motifs is 1. The lowest BCUT2D eigenvalue weighted by atomic mass is 10.1. The van der Waals surface area contributed by atoms with Crippen LogP contribution in [0.2, 0.25) is 0 Å². The SMILES string of the molecule is C[C@H](O)c1ccc(OCC2Cc3ccccc3O2)cc1. The van der Waals surface area contributed by atoms with Gasteiger partial charge in [0.25, 0.3) is 0 Å². The lowest BCUT2D eigenvalue weighted by Gasteiger charge is -2.13. The third-order valence-corrected chi connectivity index (χ3v) is 3.51. The van der Waals surface area contributed by atoms with Gasteiger partial charge in [0.05, 0.1) is 6.10 Å². The molecule has 2 aromatic rings. The van der Waals surface area contributed by atoms with Crippen molar-refractivity contribution in [2.45, 2.75) is 25.6 Å². The monoisotopic (exact) mass is 270 g/mol. The van der Waals surface area contributed by atoms with Crippen LogP contribution in [0.15, 0.2) is 48.5 Å². The smallest absolute Gasteiger partial charge is 0.137 e. The Morgan fingerprint density at radius 2 is 1.95 bits per heavy atom. The highest BCUT2D eigenvalue weighted by Crippen LogP contribution is 2.28. The van der Waals surface area contributed by atoms with E-state index < -0.39 is 6.10 Å². The number of para-hydroxylation sites is 1. The Bertz CT molecular complexity index is 550. The number of benzene rings is 2. The predicted octanol–water partition coefficient (Wildman–Crippen LogP) is 3.12. The van der Waals surface area contributed by atoms with Crippen LogP contribution in [0.5, 0.6) is 11.5 Å². The summed E-state index contributed by atoms with van der Waals surface area (Å²) in [4.78, 5) is 0. The van der Waals surface area contributed by atoms with Crippen molar-refractivity contribution in [2.24, 2.45) is 0 Å². The second kappa shape index (κ2) is 5.55. The van der Waals surface area contributed by atoms with Crippen molar-refractivity contribution in [1.29, 1.82) is 0 Å². The van der Waals surface area contributed by atoms with Crippen molar-refractivity contribution in [1.82, 2.24) is 0 Å². The molecule has 3 rings (SSSR count). The Hall–Kier alpha value is -2.00. The van der Waals surface area contributed by atoms with Gasteiger partial charge in [0.15, 0.2) is 0 Å². The van der Waals surface area contributed by atoms with Crippen molar-refractivity contribution in [3.63, 3.8) is 0 Å². The molecule has 2 atom stereocenters. The fourth-order valence-electron chi connectivity index (χ4n) is 2.38. The van der Waals surface area contributed by atoms with E-state index in [1.54, 1.807) is 6.92 Å². The fraction of sp³-hybridized carbons (Fsp3) is 0.294. The van der Waals surface area contributed by atoms with Crippen LogP contribution in [0.3, 0.4) is 0 Å². The van der Waals surface area contributed by atoms with Crippen LogP contribution < -0.4 is 9.47 Å². The number of aliphatic hydroxyl groups excluding tert-OH is 1. The topological polar surface area (TPSA) is 38.7 Å². The average molecular weight is 270 g/mol. The summed E-state index contributed by atoms with van der Waals surface area (Å²) in [5.74, 6) is 1.76. The van der Waals surface area contributed by atoms with Crippen LogP contribution in [0.1, 0.15) is 24.2 Å². The average Bonchev–Trinajstić information content (AvgIpc) is 2.88. The van der Waals surface area contributed by atoms with E-state index in [0.29, 0.717) is 6.61 Å². The van der Waals surface area contributed by atoms with E-state index in [9.17, 15) is 5.11 Å². The Balaban J connectivity index is 1.56. The fourth-order valence-corrected chi connectivity index (χ4v) is 2.38. The highest BCUT2D eigenvalue weighted by Gasteiger charge is 2.22. The first-order valence-corrected chi connectivity index (χ1v) is 6.88. The maximum absolute atomic E-state index is 9.46. The van der Waals surface area contributed by atoms with Crippen molar-refractivity contribution in [3.05, 3.63) is 59.7 Å². The Kier molecular flexibility index (Phi) is 3.61. The molecule has 1 N–H and O–H groups in total. The third kappa shape index (κ3) is 2.78. The minimum Gasteiger partial charge on any atom is -0.490 e. The van der Waals surface area contributed by atoms with Crippen molar-refractivity contribution < 1.29 is 14.6 Å². The van der Waals surface area contributed by atoms with Crippen molar-refractivity contribution in [2.75, 3.05) is 6.61 Å². The summed E-state index contributed by atoms with van der Waals surface area (Å²) in [6.45, 7) is 2.28. The number of rotatable bonds is 4. The molecule has 0 radical (unpaired) electrons. The van der Waals surface area contributed by atoms with Crippen LogP contribution in [0, 0.1) is 0 Å². The van der Waals surface area contributed by atoms with Gasteiger partial charge in [-0.15, -0.1) is 0 Å². The molecule has 3 nitrogen and oxygen atoms in total. The second-order valence-corrected chi connectivity index (χ2v) is 5.11. The zero-order valence-corrected chi connectivity index (χ0v) is 11.5. The zero-order valence-electron chi connectivity index (χ0n) is 11.5. The van der Waals surface area contributed by atoms with Gasteiger partial charge in [-0.05, 0) is 36.2 Å². The molecule has 1 aliphatic heterocycles. The van der Waals surface area contributed by atoms with E-state index in [1.807, 2.05) is 42.5 Å². The van der Waals surface area contributed by atoms with E-state index in [0.717, 1.165) is 23.5 Å².